The van der Waals surface area contributed by atoms with Crippen LogP contribution < -0.4 is 0 Å². The number of carbonyl (C=O) groups is 2. The van der Waals surface area contributed by atoms with E-state index in [1.54, 1.807) is 6.20 Å². The highest BCUT2D eigenvalue weighted by Gasteiger charge is 2.33. The summed E-state index contributed by atoms with van der Waals surface area (Å²) in [6, 6.07) is 1.99. The van der Waals surface area contributed by atoms with Crippen LogP contribution in [0.2, 0.25) is 0 Å². The minimum absolute atomic E-state index is 0.0446. The van der Waals surface area contributed by atoms with E-state index < -0.39 is 0 Å². The number of fused-ring (bicyclic) bond motifs is 1. The summed E-state index contributed by atoms with van der Waals surface area (Å²) < 4.78 is 7.05. The molecule has 1 aromatic heterocycles. The highest BCUT2D eigenvalue weighted by Crippen LogP contribution is 2.25. The van der Waals surface area contributed by atoms with E-state index in [9.17, 15) is 9.59 Å². The zero-order chi connectivity index (χ0) is 15.5. The van der Waals surface area contributed by atoms with Crippen LogP contribution in [0.1, 0.15) is 31.9 Å². The van der Waals surface area contributed by atoms with E-state index in [1.165, 1.54) is 0 Å². The van der Waals surface area contributed by atoms with Crippen LogP contribution in [0.15, 0.2) is 12.3 Å². The predicted octanol–water partition coefficient (Wildman–Crippen LogP) is 1.25. The quantitative estimate of drug-likeness (QED) is 0.788. The van der Waals surface area contributed by atoms with E-state index in [2.05, 4.69) is 5.10 Å². The van der Waals surface area contributed by atoms with Crippen molar-refractivity contribution in [2.24, 2.45) is 11.8 Å². The van der Waals surface area contributed by atoms with Gasteiger partial charge in [-0.2, -0.15) is 5.10 Å². The molecule has 3 heterocycles. The summed E-state index contributed by atoms with van der Waals surface area (Å²) in [6.07, 6.45) is 4.86. The van der Waals surface area contributed by atoms with Crippen LogP contribution in [0.25, 0.3) is 0 Å². The first kappa shape index (κ1) is 15.1. The van der Waals surface area contributed by atoms with Crippen LogP contribution in [0.4, 0.5) is 0 Å². The zero-order valence-electron chi connectivity index (χ0n) is 13.0. The van der Waals surface area contributed by atoms with Gasteiger partial charge >= 0.3 is 5.97 Å². The lowest BCUT2D eigenvalue weighted by Crippen LogP contribution is -2.44. The van der Waals surface area contributed by atoms with E-state index in [0.717, 1.165) is 37.9 Å². The molecule has 1 aromatic rings. The smallest absolute Gasteiger partial charge is 0.309 e. The van der Waals surface area contributed by atoms with E-state index in [-0.39, 0.29) is 23.7 Å². The molecule has 22 heavy (non-hydrogen) atoms. The minimum atomic E-state index is -0.115. The van der Waals surface area contributed by atoms with E-state index in [1.807, 2.05) is 22.6 Å². The number of nitrogens with zero attached hydrogens (tertiary/aromatic N) is 3. The van der Waals surface area contributed by atoms with Crippen molar-refractivity contribution in [3.8, 4) is 0 Å². The Morgan fingerprint density at radius 2 is 1.95 bits per heavy atom. The number of hydrogen-bond acceptors (Lipinski definition) is 4. The largest absolute Gasteiger partial charge is 0.466 e. The topological polar surface area (TPSA) is 64.4 Å². The Hall–Kier alpha value is -1.85. The van der Waals surface area contributed by atoms with Gasteiger partial charge in [0.2, 0.25) is 5.91 Å². The predicted molar refractivity (Wildman–Crippen MR) is 80.0 cm³/mol. The van der Waals surface area contributed by atoms with Crippen LogP contribution in [0.5, 0.6) is 0 Å². The van der Waals surface area contributed by atoms with Gasteiger partial charge in [0.05, 0.1) is 12.5 Å². The monoisotopic (exact) mass is 305 g/mol. The Morgan fingerprint density at radius 3 is 2.68 bits per heavy atom. The van der Waals surface area contributed by atoms with Gasteiger partial charge in [-0.1, -0.05) is 0 Å². The molecule has 0 aromatic carbocycles. The van der Waals surface area contributed by atoms with Crippen molar-refractivity contribution in [1.29, 1.82) is 0 Å². The summed E-state index contributed by atoms with van der Waals surface area (Å²) in [6.45, 7) is 4.40. The Balaban J connectivity index is 1.53. The minimum Gasteiger partial charge on any atom is -0.466 e. The van der Waals surface area contributed by atoms with Crippen LogP contribution in [-0.2, 0) is 27.3 Å². The molecule has 2 aliphatic heterocycles. The summed E-state index contributed by atoms with van der Waals surface area (Å²) in [7, 11) is 0. The molecule has 0 spiro atoms. The van der Waals surface area contributed by atoms with Crippen LogP contribution in [-0.4, -0.2) is 46.3 Å². The molecule has 120 valence electrons. The molecule has 0 radical (unpaired) electrons. The summed E-state index contributed by atoms with van der Waals surface area (Å²) in [5.74, 6) is 0.131. The van der Waals surface area contributed by atoms with Crippen LogP contribution in [0.3, 0.4) is 0 Å². The van der Waals surface area contributed by atoms with E-state index in [0.29, 0.717) is 19.7 Å². The van der Waals surface area contributed by atoms with Crippen molar-refractivity contribution in [3.05, 3.63) is 18.0 Å². The molecule has 0 bridgehead atoms. The third-order valence-corrected chi connectivity index (χ3v) is 4.73. The lowest BCUT2D eigenvalue weighted by molar-refractivity contribution is -0.151. The third-order valence-electron chi connectivity index (χ3n) is 4.73. The normalized spacial score (nSPS) is 22.2. The summed E-state index contributed by atoms with van der Waals surface area (Å²) in [5, 5.41) is 4.25. The number of ether oxygens (including phenoxy) is 1. The molecule has 1 atom stereocenters. The molecule has 6 heteroatoms. The van der Waals surface area contributed by atoms with Crippen molar-refractivity contribution in [2.45, 2.75) is 39.2 Å². The first-order valence-corrected chi connectivity index (χ1v) is 8.15. The van der Waals surface area contributed by atoms with Gasteiger partial charge < -0.3 is 9.64 Å². The van der Waals surface area contributed by atoms with Crippen LogP contribution in [0, 0.1) is 11.8 Å². The molecule has 2 aliphatic rings. The van der Waals surface area contributed by atoms with Crippen LogP contribution >= 0.6 is 0 Å². The molecular formula is C16H23N3O3. The molecule has 0 saturated carbocycles. The summed E-state index contributed by atoms with van der Waals surface area (Å²) >= 11 is 0. The lowest BCUT2D eigenvalue weighted by Gasteiger charge is -2.34. The fourth-order valence-electron chi connectivity index (χ4n) is 3.43. The van der Waals surface area contributed by atoms with Crippen molar-refractivity contribution in [2.75, 3.05) is 19.7 Å². The van der Waals surface area contributed by atoms with Gasteiger partial charge in [-0.15, -0.1) is 0 Å². The van der Waals surface area contributed by atoms with Gasteiger partial charge in [0.15, 0.2) is 0 Å². The molecular weight excluding hydrogens is 282 g/mol. The second-order valence-corrected chi connectivity index (χ2v) is 6.09. The zero-order valence-corrected chi connectivity index (χ0v) is 13.0. The fraction of sp³-hybridized carbons (Fsp3) is 0.688. The number of amides is 1. The van der Waals surface area contributed by atoms with Crippen molar-refractivity contribution in [3.63, 3.8) is 0 Å². The molecule has 0 aliphatic carbocycles. The first-order chi connectivity index (χ1) is 10.7. The van der Waals surface area contributed by atoms with Gasteiger partial charge in [-0.25, -0.2) is 0 Å². The Bertz CT molecular complexity index is 547. The number of carbonyl (C=O) groups excluding carboxylic acids is 2. The molecule has 3 rings (SSSR count). The fourth-order valence-corrected chi connectivity index (χ4v) is 3.43. The van der Waals surface area contributed by atoms with Gasteiger partial charge in [-0.3, -0.25) is 14.3 Å². The molecule has 1 amide bonds. The summed E-state index contributed by atoms with van der Waals surface area (Å²) in [4.78, 5) is 26.3. The number of rotatable bonds is 3. The summed E-state index contributed by atoms with van der Waals surface area (Å²) in [5.41, 5.74) is 1.14. The maximum atomic E-state index is 12.7. The second kappa shape index (κ2) is 6.50. The van der Waals surface area contributed by atoms with Gasteiger partial charge in [0.1, 0.15) is 0 Å². The van der Waals surface area contributed by atoms with Crippen molar-refractivity contribution < 1.29 is 14.3 Å². The Labute approximate surface area is 130 Å². The lowest BCUT2D eigenvalue weighted by atomic mass is 9.92. The number of aryl methyl sites for hydroxylation is 1. The molecule has 1 fully saturated rings. The average molecular weight is 305 g/mol. The maximum Gasteiger partial charge on any atom is 0.309 e. The number of aromatic nitrogens is 2. The first-order valence-electron chi connectivity index (χ1n) is 8.15. The molecule has 6 nitrogen and oxygen atoms in total. The van der Waals surface area contributed by atoms with E-state index >= 15 is 0 Å². The third kappa shape index (κ3) is 3.00. The molecule has 0 N–H and O–H groups in total. The molecule has 1 saturated heterocycles. The molecule has 1 unspecified atom stereocenters. The Morgan fingerprint density at radius 1 is 1.23 bits per heavy atom. The number of piperidine rings is 1. The van der Waals surface area contributed by atoms with Gasteiger partial charge in [0, 0.05) is 43.9 Å². The number of hydrogen-bond donors (Lipinski definition) is 0. The van der Waals surface area contributed by atoms with Crippen molar-refractivity contribution >= 4 is 11.9 Å². The SMILES string of the molecule is CCOC(=O)C1CCN(C(=O)C2CCn3nccc3C2)CC1. The highest BCUT2D eigenvalue weighted by molar-refractivity contribution is 5.80. The number of likely N-dealkylation sites (tertiary alicyclic amines) is 1. The van der Waals surface area contributed by atoms with E-state index in [4.69, 9.17) is 4.74 Å². The highest BCUT2D eigenvalue weighted by atomic mass is 16.5. The maximum absolute atomic E-state index is 12.7. The number of esters is 1. The van der Waals surface area contributed by atoms with Gasteiger partial charge in [-0.05, 0) is 32.3 Å². The standard InChI is InChI=1S/C16H23N3O3/c1-2-22-16(21)12-4-8-18(9-5-12)15(20)13-6-10-19-14(11-13)3-7-17-19/h3,7,12-13H,2,4-6,8-11H2,1H3. The van der Waals surface area contributed by atoms with Crippen molar-refractivity contribution in [1.82, 2.24) is 14.7 Å². The Kier molecular flexibility index (Phi) is 4.45. The second-order valence-electron chi connectivity index (χ2n) is 6.09. The van der Waals surface area contributed by atoms with Gasteiger partial charge in [0.25, 0.3) is 0 Å². The average Bonchev–Trinajstić information content (AvgIpc) is 3.02.